The molecule has 0 radical (unpaired) electrons. The molecule has 0 fully saturated rings. The molecule has 0 heterocycles. The SMILES string of the molecule is O=C(O)CN=Cc1cc(S(=O)(=O)O)ccc1[O-].[Na+]. The molecule has 1 rings (SSSR count). The first kappa shape index (κ1) is 17.1. The van der Waals surface area contributed by atoms with Crippen molar-refractivity contribution in [3.05, 3.63) is 23.8 Å². The summed E-state index contributed by atoms with van der Waals surface area (Å²) in [6.45, 7) is -0.532. The molecule has 0 saturated carbocycles. The summed E-state index contributed by atoms with van der Waals surface area (Å²) in [7, 11) is -4.40. The van der Waals surface area contributed by atoms with Gasteiger partial charge >= 0.3 is 35.5 Å². The van der Waals surface area contributed by atoms with E-state index >= 15 is 0 Å². The maximum atomic E-state index is 11.3. The fourth-order valence-electron chi connectivity index (χ4n) is 1.01. The summed E-state index contributed by atoms with van der Waals surface area (Å²) in [6.07, 6.45) is 0.950. The van der Waals surface area contributed by atoms with Crippen molar-refractivity contribution in [3.8, 4) is 5.75 Å². The quantitative estimate of drug-likeness (QED) is 0.335. The molecule has 9 heteroatoms. The molecule has 0 spiro atoms. The van der Waals surface area contributed by atoms with Crippen LogP contribution < -0.4 is 34.7 Å². The van der Waals surface area contributed by atoms with Gasteiger partial charge in [0.25, 0.3) is 10.1 Å². The predicted molar refractivity (Wildman–Crippen MR) is 55.8 cm³/mol. The Morgan fingerprint density at radius 1 is 1.44 bits per heavy atom. The van der Waals surface area contributed by atoms with Crippen LogP contribution in [0.3, 0.4) is 0 Å². The fraction of sp³-hybridized carbons (Fsp3) is 0.111. The van der Waals surface area contributed by atoms with E-state index < -0.39 is 33.3 Å². The first-order valence-electron chi connectivity index (χ1n) is 4.31. The Balaban J connectivity index is 0.00000289. The molecule has 2 N–H and O–H groups in total. The van der Waals surface area contributed by atoms with Crippen LogP contribution in [0.4, 0.5) is 0 Å². The van der Waals surface area contributed by atoms with Gasteiger partial charge in [0.2, 0.25) is 0 Å². The maximum Gasteiger partial charge on any atom is 1.00 e. The Labute approximate surface area is 125 Å². The topological polar surface area (TPSA) is 127 Å². The van der Waals surface area contributed by atoms with E-state index in [1.165, 1.54) is 0 Å². The minimum absolute atomic E-state index is 0. The molecule has 92 valence electrons. The van der Waals surface area contributed by atoms with Crippen molar-refractivity contribution < 1.29 is 57.5 Å². The van der Waals surface area contributed by atoms with Crippen LogP contribution in [0.25, 0.3) is 0 Å². The number of aliphatic carboxylic acids is 1. The van der Waals surface area contributed by atoms with E-state index in [4.69, 9.17) is 9.66 Å². The zero-order chi connectivity index (χ0) is 13.1. The number of carboxylic acids is 1. The third-order valence-corrected chi connectivity index (χ3v) is 2.59. The van der Waals surface area contributed by atoms with Gasteiger partial charge in [0.1, 0.15) is 6.54 Å². The smallest absolute Gasteiger partial charge is 0.872 e. The van der Waals surface area contributed by atoms with Crippen LogP contribution in [0.15, 0.2) is 28.1 Å². The normalized spacial score (nSPS) is 11.2. The summed E-state index contributed by atoms with van der Waals surface area (Å²) in [5, 5.41) is 19.6. The van der Waals surface area contributed by atoms with Gasteiger partial charge in [-0.25, -0.2) is 0 Å². The fourth-order valence-corrected chi connectivity index (χ4v) is 1.53. The minimum Gasteiger partial charge on any atom is -0.872 e. The zero-order valence-corrected chi connectivity index (χ0v) is 12.2. The Morgan fingerprint density at radius 2 is 2.06 bits per heavy atom. The standard InChI is InChI=1S/C9H9NO6S.Na/c11-8-2-1-7(17(14,15)16)3-6(8)4-10-5-9(12)13;/h1-4,11H,5H2,(H,12,13)(H,14,15,16);/q;+1/p-1. The largest absolute Gasteiger partial charge is 1.00 e. The second-order valence-electron chi connectivity index (χ2n) is 3.04. The van der Waals surface area contributed by atoms with Crippen molar-refractivity contribution in [2.45, 2.75) is 4.90 Å². The number of benzene rings is 1. The molecular formula is C9H8NNaO6S. The number of nitrogens with zero attached hydrogens (tertiary/aromatic N) is 1. The van der Waals surface area contributed by atoms with Gasteiger partial charge in [-0.2, -0.15) is 8.42 Å². The Morgan fingerprint density at radius 3 is 2.56 bits per heavy atom. The molecule has 0 saturated heterocycles. The van der Waals surface area contributed by atoms with Crippen LogP contribution in [-0.2, 0) is 14.9 Å². The van der Waals surface area contributed by atoms with E-state index in [0.717, 1.165) is 24.4 Å². The molecule has 0 aliphatic carbocycles. The summed E-state index contributed by atoms with van der Waals surface area (Å²) < 4.78 is 30.3. The van der Waals surface area contributed by atoms with Crippen LogP contribution in [0, 0.1) is 0 Å². The monoisotopic (exact) mass is 281 g/mol. The maximum absolute atomic E-state index is 11.3. The Bertz CT molecular complexity index is 568. The summed E-state index contributed by atoms with van der Waals surface area (Å²) in [6, 6.07) is 2.82. The van der Waals surface area contributed by atoms with E-state index in [-0.39, 0.29) is 35.1 Å². The molecular weight excluding hydrogens is 273 g/mol. The molecule has 0 aliphatic rings. The van der Waals surface area contributed by atoms with Crippen LogP contribution in [-0.4, -0.2) is 36.8 Å². The number of rotatable bonds is 4. The Hall–Kier alpha value is -0.930. The molecule has 18 heavy (non-hydrogen) atoms. The second kappa shape index (κ2) is 6.86. The molecule has 0 aromatic heterocycles. The second-order valence-corrected chi connectivity index (χ2v) is 4.46. The number of carboxylic acid groups (broad SMARTS) is 1. The molecule has 0 unspecified atom stereocenters. The van der Waals surface area contributed by atoms with Gasteiger partial charge < -0.3 is 10.2 Å². The molecule has 1 aromatic carbocycles. The van der Waals surface area contributed by atoms with E-state index in [2.05, 4.69) is 4.99 Å². The van der Waals surface area contributed by atoms with Crippen molar-refractivity contribution in [2.24, 2.45) is 4.99 Å². The van der Waals surface area contributed by atoms with Crippen molar-refractivity contribution >= 4 is 22.3 Å². The molecule has 1 aromatic rings. The van der Waals surface area contributed by atoms with Crippen molar-refractivity contribution in [3.63, 3.8) is 0 Å². The van der Waals surface area contributed by atoms with Crippen LogP contribution in [0.2, 0.25) is 0 Å². The van der Waals surface area contributed by atoms with E-state index in [9.17, 15) is 18.3 Å². The van der Waals surface area contributed by atoms with Crippen molar-refractivity contribution in [2.75, 3.05) is 6.54 Å². The summed E-state index contributed by atoms with van der Waals surface area (Å²) >= 11 is 0. The van der Waals surface area contributed by atoms with E-state index in [1.807, 2.05) is 0 Å². The van der Waals surface area contributed by atoms with Gasteiger partial charge in [0, 0.05) is 6.21 Å². The van der Waals surface area contributed by atoms with Gasteiger partial charge in [0.15, 0.2) is 0 Å². The van der Waals surface area contributed by atoms with Gasteiger partial charge in [-0.3, -0.25) is 14.3 Å². The van der Waals surface area contributed by atoms with Crippen LogP contribution >= 0.6 is 0 Å². The van der Waals surface area contributed by atoms with Crippen molar-refractivity contribution in [1.82, 2.24) is 0 Å². The summed E-state index contributed by atoms with van der Waals surface area (Å²) in [4.78, 5) is 13.1. The summed E-state index contributed by atoms with van der Waals surface area (Å²) in [5.74, 6) is -1.70. The number of aliphatic imine (C=N–C) groups is 1. The van der Waals surface area contributed by atoms with Crippen molar-refractivity contribution in [1.29, 1.82) is 0 Å². The van der Waals surface area contributed by atoms with Crippen LogP contribution in [0.1, 0.15) is 5.56 Å². The minimum atomic E-state index is -4.40. The zero-order valence-electron chi connectivity index (χ0n) is 9.40. The first-order valence-corrected chi connectivity index (χ1v) is 5.75. The van der Waals surface area contributed by atoms with E-state index in [0.29, 0.717) is 0 Å². The molecule has 0 aliphatic heterocycles. The predicted octanol–water partition coefficient (Wildman–Crippen LogP) is -3.49. The Kier molecular flexibility index (Phi) is 6.50. The van der Waals surface area contributed by atoms with Gasteiger partial charge in [-0.05, 0) is 17.7 Å². The average Bonchev–Trinajstić information content (AvgIpc) is 2.18. The van der Waals surface area contributed by atoms with Gasteiger partial charge in [-0.1, -0.05) is 11.8 Å². The number of carbonyl (C=O) groups is 1. The van der Waals surface area contributed by atoms with Gasteiger partial charge in [-0.15, -0.1) is 0 Å². The third kappa shape index (κ3) is 5.15. The first-order chi connectivity index (χ1) is 7.80. The third-order valence-electron chi connectivity index (χ3n) is 1.74. The van der Waals surface area contributed by atoms with E-state index in [1.54, 1.807) is 0 Å². The molecule has 0 atom stereocenters. The number of hydrogen-bond donors (Lipinski definition) is 2. The molecule has 7 nitrogen and oxygen atoms in total. The number of hydrogen-bond acceptors (Lipinski definition) is 5. The molecule has 0 bridgehead atoms. The average molecular weight is 281 g/mol. The summed E-state index contributed by atoms with van der Waals surface area (Å²) in [5.41, 5.74) is -0.110. The molecule has 0 amide bonds. The van der Waals surface area contributed by atoms with Crippen LogP contribution in [0.5, 0.6) is 5.75 Å². The van der Waals surface area contributed by atoms with Gasteiger partial charge in [0.05, 0.1) is 4.90 Å².